The van der Waals surface area contributed by atoms with Crippen LogP contribution >= 0.6 is 0 Å². The van der Waals surface area contributed by atoms with Crippen LogP contribution < -0.4 is 0 Å². The monoisotopic (exact) mass is 530 g/mol. The van der Waals surface area contributed by atoms with Crippen molar-refractivity contribution in [2.75, 3.05) is 26.7 Å². The number of carbonyl (C=O) groups is 2. The van der Waals surface area contributed by atoms with Crippen LogP contribution in [0, 0.1) is 0 Å². The highest BCUT2D eigenvalue weighted by molar-refractivity contribution is 7.86. The van der Waals surface area contributed by atoms with Gasteiger partial charge in [0.05, 0.1) is 26.7 Å². The van der Waals surface area contributed by atoms with Crippen LogP contribution in [-0.4, -0.2) is 67.7 Å². The first-order chi connectivity index (χ1) is 15.9. The summed E-state index contributed by atoms with van der Waals surface area (Å²) >= 11 is 0. The molecule has 0 amide bonds. The van der Waals surface area contributed by atoms with Gasteiger partial charge >= 0.3 is 11.9 Å². The molecule has 0 aliphatic heterocycles. The van der Waals surface area contributed by atoms with Crippen LogP contribution in [0.15, 0.2) is 0 Å². The lowest BCUT2D eigenvalue weighted by Crippen LogP contribution is -2.35. The van der Waals surface area contributed by atoms with Gasteiger partial charge in [0.1, 0.15) is 12.2 Å². The van der Waals surface area contributed by atoms with E-state index in [1.807, 2.05) is 0 Å². The largest absolute Gasteiger partial charge is 0.469 e. The lowest BCUT2D eigenvalue weighted by molar-refractivity contribution is -0.141. The van der Waals surface area contributed by atoms with E-state index in [2.05, 4.69) is 9.47 Å². The number of ether oxygens (including phenoxy) is 2. The first kappa shape index (κ1) is 32.8. The lowest BCUT2D eigenvalue weighted by atomic mass is 9.99. The Bertz CT molecular complexity index is 712. The van der Waals surface area contributed by atoms with Crippen LogP contribution in [0.3, 0.4) is 0 Å². The number of carbonyl (C=O) groups excluding carboxylic acids is 2. The Morgan fingerprint density at radius 1 is 0.559 bits per heavy atom. The Labute approximate surface area is 205 Å². The minimum Gasteiger partial charge on any atom is -0.469 e. The van der Waals surface area contributed by atoms with Crippen molar-refractivity contribution >= 4 is 32.2 Å². The Morgan fingerprint density at radius 2 is 0.853 bits per heavy atom. The molecule has 0 fully saturated rings. The highest BCUT2D eigenvalue weighted by Gasteiger charge is 2.29. The third-order valence-electron chi connectivity index (χ3n) is 5.21. The molecule has 10 nitrogen and oxygen atoms in total. The second-order valence-corrected chi connectivity index (χ2v) is 11.6. The van der Waals surface area contributed by atoms with Gasteiger partial charge in [-0.1, -0.05) is 51.4 Å². The second kappa shape index (κ2) is 18.1. The molecule has 202 valence electrons. The van der Waals surface area contributed by atoms with Gasteiger partial charge in [0.25, 0.3) is 20.2 Å². The first-order valence-electron chi connectivity index (χ1n) is 11.8. The van der Waals surface area contributed by atoms with Crippen LogP contribution in [0.4, 0.5) is 0 Å². The summed E-state index contributed by atoms with van der Waals surface area (Å²) in [5, 5.41) is 0. The predicted molar refractivity (Wildman–Crippen MR) is 128 cm³/mol. The van der Waals surface area contributed by atoms with E-state index in [1.165, 1.54) is 14.2 Å². The zero-order chi connectivity index (χ0) is 26.0. The zero-order valence-electron chi connectivity index (χ0n) is 21.0. The molecule has 34 heavy (non-hydrogen) atoms. The third-order valence-corrected chi connectivity index (χ3v) is 6.40. The maximum Gasteiger partial charge on any atom is 0.305 e. The average molecular weight is 531 g/mol. The van der Waals surface area contributed by atoms with Crippen LogP contribution in [0.5, 0.6) is 0 Å². The van der Waals surface area contributed by atoms with Crippen molar-refractivity contribution in [2.24, 2.45) is 0 Å². The smallest absolute Gasteiger partial charge is 0.305 e. The molecule has 0 aliphatic carbocycles. The summed E-state index contributed by atoms with van der Waals surface area (Å²) in [5.41, 5.74) is 0. The maximum absolute atomic E-state index is 11.8. The Morgan fingerprint density at radius 3 is 1.15 bits per heavy atom. The summed E-state index contributed by atoms with van der Waals surface area (Å²) in [5.74, 6) is -0.489. The van der Waals surface area contributed by atoms with Gasteiger partial charge in [-0.3, -0.25) is 18.0 Å². The molecule has 0 heterocycles. The van der Waals surface area contributed by atoms with Crippen LogP contribution in [0.25, 0.3) is 0 Å². The van der Waals surface area contributed by atoms with Crippen LogP contribution in [-0.2, 0) is 47.7 Å². The molecule has 2 atom stereocenters. The molecule has 0 unspecified atom stereocenters. The Hall–Kier alpha value is -1.24. The quantitative estimate of drug-likeness (QED) is 0.123. The number of unbranched alkanes of at least 4 members (excludes halogenated alkanes) is 8. The molecule has 0 radical (unpaired) electrons. The molecular formula is C22H42O10S2. The number of rotatable bonds is 21. The van der Waals surface area contributed by atoms with Gasteiger partial charge in [-0.25, -0.2) is 0 Å². The summed E-state index contributed by atoms with van der Waals surface area (Å²) in [6, 6.07) is 0. The van der Waals surface area contributed by atoms with Crippen molar-refractivity contribution in [3.63, 3.8) is 0 Å². The van der Waals surface area contributed by atoms with Gasteiger partial charge < -0.3 is 9.47 Å². The average Bonchev–Trinajstić information content (AvgIpc) is 2.73. The number of esters is 2. The normalized spacial score (nSPS) is 13.9. The van der Waals surface area contributed by atoms with Gasteiger partial charge in [0, 0.05) is 12.8 Å². The number of methoxy groups -OCH3 is 2. The molecule has 0 aromatic rings. The van der Waals surface area contributed by atoms with Gasteiger partial charge in [0.15, 0.2) is 0 Å². The van der Waals surface area contributed by atoms with E-state index >= 15 is 0 Å². The summed E-state index contributed by atoms with van der Waals surface area (Å²) in [6.45, 7) is 0. The van der Waals surface area contributed by atoms with Crippen molar-refractivity contribution in [1.29, 1.82) is 0 Å². The van der Waals surface area contributed by atoms with Crippen molar-refractivity contribution < 1.29 is 44.3 Å². The minimum absolute atomic E-state index is 0.245. The number of hydrogen-bond acceptors (Lipinski definition) is 10. The SMILES string of the molecule is COC(=O)CCCCCCC[C@H](OS(C)(=O)=O)[C@H](CCCCCCCC(=O)OC)OS(C)(=O)=O. The van der Waals surface area contributed by atoms with Crippen LogP contribution in [0.2, 0.25) is 0 Å². The van der Waals surface area contributed by atoms with Gasteiger partial charge in [-0.05, 0) is 25.7 Å². The molecular weight excluding hydrogens is 488 g/mol. The highest BCUT2D eigenvalue weighted by atomic mass is 32.2. The van der Waals surface area contributed by atoms with Gasteiger partial charge in [-0.2, -0.15) is 16.8 Å². The summed E-state index contributed by atoms with van der Waals surface area (Å²) in [7, 11) is -4.92. The zero-order valence-corrected chi connectivity index (χ0v) is 22.6. The number of hydrogen-bond donors (Lipinski definition) is 0. The van der Waals surface area contributed by atoms with Gasteiger partial charge in [0.2, 0.25) is 0 Å². The van der Waals surface area contributed by atoms with E-state index in [4.69, 9.17) is 8.37 Å². The molecule has 0 spiro atoms. The van der Waals surface area contributed by atoms with Crippen molar-refractivity contribution in [1.82, 2.24) is 0 Å². The molecule has 0 aromatic heterocycles. The van der Waals surface area contributed by atoms with E-state index in [9.17, 15) is 26.4 Å². The topological polar surface area (TPSA) is 139 Å². The third kappa shape index (κ3) is 20.2. The first-order valence-corrected chi connectivity index (χ1v) is 15.4. The Balaban J connectivity index is 4.72. The molecule has 0 N–H and O–H groups in total. The second-order valence-electron chi connectivity index (χ2n) is 8.44. The molecule has 0 bridgehead atoms. The van der Waals surface area contributed by atoms with Crippen molar-refractivity contribution in [3.05, 3.63) is 0 Å². The summed E-state index contributed by atoms with van der Waals surface area (Å²) in [6.07, 6.45) is 9.13. The van der Waals surface area contributed by atoms with Gasteiger partial charge in [-0.15, -0.1) is 0 Å². The Kier molecular flexibility index (Phi) is 17.4. The molecule has 12 heteroatoms. The molecule has 0 rings (SSSR count). The fourth-order valence-corrected chi connectivity index (χ4v) is 4.87. The predicted octanol–water partition coefficient (Wildman–Crippen LogP) is 3.48. The van der Waals surface area contributed by atoms with E-state index in [0.717, 1.165) is 63.9 Å². The fraction of sp³-hybridized carbons (Fsp3) is 0.909. The van der Waals surface area contributed by atoms with E-state index in [0.29, 0.717) is 38.5 Å². The summed E-state index contributed by atoms with van der Waals surface area (Å²) < 4.78 is 66.8. The lowest BCUT2D eigenvalue weighted by Gasteiger charge is -2.25. The highest BCUT2D eigenvalue weighted by Crippen LogP contribution is 2.22. The molecule has 0 aromatic carbocycles. The van der Waals surface area contributed by atoms with E-state index in [-0.39, 0.29) is 11.9 Å². The van der Waals surface area contributed by atoms with Crippen LogP contribution in [0.1, 0.15) is 89.9 Å². The summed E-state index contributed by atoms with van der Waals surface area (Å²) in [4.78, 5) is 22.3. The van der Waals surface area contributed by atoms with Crippen molar-refractivity contribution in [3.8, 4) is 0 Å². The van der Waals surface area contributed by atoms with E-state index < -0.39 is 32.4 Å². The maximum atomic E-state index is 11.8. The molecule has 0 saturated carbocycles. The minimum atomic E-state index is -3.81. The fourth-order valence-electron chi connectivity index (χ4n) is 3.54. The van der Waals surface area contributed by atoms with E-state index in [1.54, 1.807) is 0 Å². The molecule has 0 saturated heterocycles. The molecule has 0 aliphatic rings. The standard InChI is InChI=1S/C22H42O10S2/c1-29-21(23)17-13-9-5-7-11-15-19(31-33(3,25)26)20(32-34(4,27)28)16-12-8-6-10-14-18-22(24)30-2/h19-20H,5-18H2,1-4H3/t19-,20-/m0/s1. The van der Waals surface area contributed by atoms with Crippen molar-refractivity contribution in [2.45, 2.75) is 102 Å².